The highest BCUT2D eigenvalue weighted by Crippen LogP contribution is 2.43. The Morgan fingerprint density at radius 3 is 2.45 bits per heavy atom. The van der Waals surface area contributed by atoms with Crippen LogP contribution in [0.3, 0.4) is 0 Å². The van der Waals surface area contributed by atoms with E-state index in [-0.39, 0.29) is 11.9 Å². The Kier molecular flexibility index (Phi) is 7.17. The van der Waals surface area contributed by atoms with Crippen molar-refractivity contribution in [1.82, 2.24) is 15.1 Å². The molecule has 2 heterocycles. The van der Waals surface area contributed by atoms with Crippen molar-refractivity contribution in [2.75, 3.05) is 13.2 Å². The van der Waals surface area contributed by atoms with Crippen molar-refractivity contribution in [2.24, 2.45) is 5.92 Å². The largest absolute Gasteiger partial charge is 0.494 e. The van der Waals surface area contributed by atoms with Crippen molar-refractivity contribution >= 4 is 5.91 Å². The van der Waals surface area contributed by atoms with Gasteiger partial charge >= 0.3 is 0 Å². The second kappa shape index (κ2) is 10.2. The van der Waals surface area contributed by atoms with Gasteiger partial charge in [-0.3, -0.25) is 9.89 Å². The van der Waals surface area contributed by atoms with Gasteiger partial charge in [0.2, 0.25) is 0 Å². The number of aromatic amines is 1. The first kappa shape index (κ1) is 23.1. The molecule has 3 aromatic rings. The maximum absolute atomic E-state index is 13.4. The molecular formula is C28H35N3O2. The third-order valence-corrected chi connectivity index (χ3v) is 6.35. The molecule has 1 aromatic heterocycles. The molecule has 33 heavy (non-hydrogen) atoms. The van der Waals surface area contributed by atoms with Crippen LogP contribution in [0, 0.1) is 12.8 Å². The van der Waals surface area contributed by atoms with E-state index in [4.69, 9.17) is 4.74 Å². The highest BCUT2D eigenvalue weighted by Gasteiger charge is 2.41. The van der Waals surface area contributed by atoms with Crippen molar-refractivity contribution in [3.05, 3.63) is 70.9 Å². The second-order valence-electron chi connectivity index (χ2n) is 9.44. The lowest BCUT2D eigenvalue weighted by Gasteiger charge is -2.26. The fourth-order valence-corrected chi connectivity index (χ4v) is 4.40. The van der Waals surface area contributed by atoms with Gasteiger partial charge in [-0.15, -0.1) is 0 Å². The van der Waals surface area contributed by atoms with Crippen LogP contribution in [-0.2, 0) is 0 Å². The minimum absolute atomic E-state index is 0.0363. The maximum Gasteiger partial charge on any atom is 0.273 e. The molecule has 5 nitrogen and oxygen atoms in total. The number of rotatable bonds is 10. The zero-order valence-corrected chi connectivity index (χ0v) is 20.2. The number of nitrogens with one attached hydrogen (secondary N) is 1. The van der Waals surface area contributed by atoms with E-state index in [1.807, 2.05) is 17.0 Å². The summed E-state index contributed by atoms with van der Waals surface area (Å²) >= 11 is 0. The Hall–Kier alpha value is -3.08. The fraction of sp³-hybridized carbons (Fsp3) is 0.429. The molecule has 174 valence electrons. The number of H-pyrrole nitrogens is 1. The van der Waals surface area contributed by atoms with Gasteiger partial charge in [-0.1, -0.05) is 75.6 Å². The first-order chi connectivity index (χ1) is 16.0. The quantitative estimate of drug-likeness (QED) is 0.360. The standard InChI is InChI=1S/C28H35N3O2/c1-5-6-7-17-31-27(22-12-14-23(15-13-22)33-18-16-19(2)3)24-25(29-30-26(24)28(31)32)21-10-8-20(4)9-11-21/h8-15,19,27H,5-7,16-18H2,1-4H3,(H,29,30). The van der Waals surface area contributed by atoms with Gasteiger partial charge in [-0.25, -0.2) is 0 Å². The molecule has 4 rings (SSSR count). The lowest BCUT2D eigenvalue weighted by molar-refractivity contribution is 0.0740. The Balaban J connectivity index is 1.67. The number of hydrogen-bond donors (Lipinski definition) is 1. The van der Waals surface area contributed by atoms with Crippen molar-refractivity contribution in [3.8, 4) is 17.0 Å². The van der Waals surface area contributed by atoms with Gasteiger partial charge in [0.15, 0.2) is 0 Å². The molecule has 0 fully saturated rings. The van der Waals surface area contributed by atoms with Crippen LogP contribution in [0.1, 0.15) is 79.7 Å². The molecular weight excluding hydrogens is 410 g/mol. The summed E-state index contributed by atoms with van der Waals surface area (Å²) in [6.45, 7) is 10.1. The number of fused-ring (bicyclic) bond motifs is 1. The smallest absolute Gasteiger partial charge is 0.273 e. The van der Waals surface area contributed by atoms with Gasteiger partial charge in [0, 0.05) is 17.7 Å². The first-order valence-corrected chi connectivity index (χ1v) is 12.2. The Labute approximate surface area is 197 Å². The van der Waals surface area contributed by atoms with Crippen LogP contribution in [0.4, 0.5) is 0 Å². The number of aromatic nitrogens is 2. The first-order valence-electron chi connectivity index (χ1n) is 12.2. The van der Waals surface area contributed by atoms with Crippen LogP contribution < -0.4 is 4.74 Å². The number of unbranched alkanes of at least 4 members (excludes halogenated alkanes) is 2. The lowest BCUT2D eigenvalue weighted by atomic mass is 9.95. The highest BCUT2D eigenvalue weighted by molar-refractivity contribution is 6.00. The average molecular weight is 446 g/mol. The van der Waals surface area contributed by atoms with Gasteiger partial charge in [0.25, 0.3) is 5.91 Å². The van der Waals surface area contributed by atoms with Crippen molar-refractivity contribution in [1.29, 1.82) is 0 Å². The van der Waals surface area contributed by atoms with E-state index in [9.17, 15) is 4.79 Å². The number of hydrogen-bond acceptors (Lipinski definition) is 3. The zero-order valence-electron chi connectivity index (χ0n) is 20.2. The molecule has 5 heteroatoms. The normalized spacial score (nSPS) is 15.4. The molecule has 1 atom stereocenters. The lowest BCUT2D eigenvalue weighted by Crippen LogP contribution is -2.30. The summed E-state index contributed by atoms with van der Waals surface area (Å²) in [6.07, 6.45) is 4.25. The molecule has 0 radical (unpaired) electrons. The minimum Gasteiger partial charge on any atom is -0.494 e. The van der Waals surface area contributed by atoms with E-state index >= 15 is 0 Å². The van der Waals surface area contributed by atoms with Gasteiger partial charge in [-0.05, 0) is 43.4 Å². The molecule has 1 N–H and O–H groups in total. The summed E-state index contributed by atoms with van der Waals surface area (Å²) in [4.78, 5) is 15.4. The van der Waals surface area contributed by atoms with Crippen LogP contribution in [0.5, 0.6) is 5.75 Å². The molecule has 0 spiro atoms. The van der Waals surface area contributed by atoms with Gasteiger partial charge in [-0.2, -0.15) is 5.10 Å². The molecule has 0 bridgehead atoms. The number of benzene rings is 2. The van der Waals surface area contributed by atoms with Crippen molar-refractivity contribution in [3.63, 3.8) is 0 Å². The molecule has 2 aromatic carbocycles. The molecule has 0 aliphatic carbocycles. The average Bonchev–Trinajstić information content (AvgIpc) is 3.34. The molecule has 0 saturated heterocycles. The predicted octanol–water partition coefficient (Wildman–Crippen LogP) is 6.55. The third-order valence-electron chi connectivity index (χ3n) is 6.35. The summed E-state index contributed by atoms with van der Waals surface area (Å²) in [6, 6.07) is 16.4. The number of ether oxygens (including phenoxy) is 1. The number of amides is 1. The molecule has 1 unspecified atom stereocenters. The fourth-order valence-electron chi connectivity index (χ4n) is 4.40. The summed E-state index contributed by atoms with van der Waals surface area (Å²) in [5.74, 6) is 1.52. The predicted molar refractivity (Wildman–Crippen MR) is 133 cm³/mol. The van der Waals surface area contributed by atoms with E-state index < -0.39 is 0 Å². The van der Waals surface area contributed by atoms with Gasteiger partial charge in [0.1, 0.15) is 11.4 Å². The van der Waals surface area contributed by atoms with E-state index in [0.717, 1.165) is 60.4 Å². The Morgan fingerprint density at radius 1 is 1.06 bits per heavy atom. The number of aryl methyl sites for hydroxylation is 1. The molecule has 1 aliphatic heterocycles. The van der Waals surface area contributed by atoms with Crippen molar-refractivity contribution < 1.29 is 9.53 Å². The number of nitrogens with zero attached hydrogens (tertiary/aromatic N) is 2. The van der Waals surface area contributed by atoms with Gasteiger partial charge in [0.05, 0.1) is 18.3 Å². The van der Waals surface area contributed by atoms with Crippen LogP contribution in [0.25, 0.3) is 11.3 Å². The minimum atomic E-state index is -0.149. The summed E-state index contributed by atoms with van der Waals surface area (Å²) < 4.78 is 5.92. The summed E-state index contributed by atoms with van der Waals surface area (Å²) in [7, 11) is 0. The number of carbonyl (C=O) groups is 1. The number of carbonyl (C=O) groups excluding carboxylic acids is 1. The van der Waals surface area contributed by atoms with E-state index in [1.165, 1.54) is 5.56 Å². The van der Waals surface area contributed by atoms with E-state index in [0.29, 0.717) is 18.2 Å². The summed E-state index contributed by atoms with van der Waals surface area (Å²) in [5, 5.41) is 7.63. The van der Waals surface area contributed by atoms with Crippen LogP contribution in [0.15, 0.2) is 48.5 Å². The van der Waals surface area contributed by atoms with Crippen LogP contribution in [0.2, 0.25) is 0 Å². The topological polar surface area (TPSA) is 58.2 Å². The van der Waals surface area contributed by atoms with Gasteiger partial charge < -0.3 is 9.64 Å². The zero-order chi connectivity index (χ0) is 23.4. The Bertz CT molecular complexity index is 1070. The second-order valence-corrected chi connectivity index (χ2v) is 9.44. The molecule has 0 saturated carbocycles. The summed E-state index contributed by atoms with van der Waals surface area (Å²) in [5.41, 5.74) is 5.77. The van der Waals surface area contributed by atoms with Crippen LogP contribution >= 0.6 is 0 Å². The SMILES string of the molecule is CCCCCN1C(=O)c2[nH]nc(-c3ccc(C)cc3)c2C1c1ccc(OCCC(C)C)cc1. The van der Waals surface area contributed by atoms with E-state index in [2.05, 4.69) is 74.3 Å². The third kappa shape index (κ3) is 4.97. The van der Waals surface area contributed by atoms with Crippen LogP contribution in [-0.4, -0.2) is 34.2 Å². The van der Waals surface area contributed by atoms with Crippen molar-refractivity contribution in [2.45, 2.75) is 59.4 Å². The maximum atomic E-state index is 13.4. The Morgan fingerprint density at radius 2 is 1.79 bits per heavy atom. The molecule has 1 amide bonds. The highest BCUT2D eigenvalue weighted by atomic mass is 16.5. The molecule has 1 aliphatic rings. The monoisotopic (exact) mass is 445 g/mol. The van der Waals surface area contributed by atoms with E-state index in [1.54, 1.807) is 0 Å².